The van der Waals surface area contributed by atoms with Crippen LogP contribution in [0.5, 0.6) is 5.75 Å². The highest BCUT2D eigenvalue weighted by Crippen LogP contribution is 2.27. The second-order valence-corrected chi connectivity index (χ2v) is 4.15. The number of nitrogens with zero attached hydrogens (tertiary/aromatic N) is 1. The Morgan fingerprint density at radius 3 is 2.39 bits per heavy atom. The number of benzene rings is 1. The van der Waals surface area contributed by atoms with Crippen molar-refractivity contribution in [3.05, 3.63) is 58.9 Å². The molecule has 1 heterocycles. The van der Waals surface area contributed by atoms with Crippen molar-refractivity contribution in [2.45, 2.75) is 13.8 Å². The van der Waals surface area contributed by atoms with E-state index in [0.717, 1.165) is 11.1 Å². The van der Waals surface area contributed by atoms with E-state index in [1.54, 1.807) is 31.6 Å². The topological polar surface area (TPSA) is 39.2 Å². The zero-order valence-corrected chi connectivity index (χ0v) is 10.7. The minimum atomic E-state index is -0.0441. The zero-order chi connectivity index (χ0) is 13.1. The van der Waals surface area contributed by atoms with Gasteiger partial charge in [0, 0.05) is 18.0 Å². The van der Waals surface area contributed by atoms with Crippen LogP contribution in [0, 0.1) is 13.8 Å². The summed E-state index contributed by atoms with van der Waals surface area (Å²) in [6.45, 7) is 3.95. The van der Waals surface area contributed by atoms with Gasteiger partial charge < -0.3 is 4.74 Å². The van der Waals surface area contributed by atoms with E-state index >= 15 is 0 Å². The standard InChI is InChI=1S/C15H15NO2/c1-10-4-5-13(15(18-3)11(10)2)14(17)12-6-8-16-9-7-12/h4-9H,1-3H3. The Hall–Kier alpha value is -2.16. The van der Waals surface area contributed by atoms with Crippen LogP contribution in [-0.2, 0) is 0 Å². The van der Waals surface area contributed by atoms with Gasteiger partial charge in [0.2, 0.25) is 0 Å². The molecule has 2 aromatic rings. The molecule has 1 aromatic heterocycles. The van der Waals surface area contributed by atoms with E-state index in [2.05, 4.69) is 4.98 Å². The second-order valence-electron chi connectivity index (χ2n) is 4.15. The molecule has 0 spiro atoms. The van der Waals surface area contributed by atoms with Gasteiger partial charge in [-0.1, -0.05) is 6.07 Å². The molecule has 0 amide bonds. The predicted octanol–water partition coefficient (Wildman–Crippen LogP) is 2.94. The van der Waals surface area contributed by atoms with Gasteiger partial charge >= 0.3 is 0 Å². The van der Waals surface area contributed by atoms with Gasteiger partial charge in [0.05, 0.1) is 12.7 Å². The van der Waals surface area contributed by atoms with Crippen molar-refractivity contribution in [1.29, 1.82) is 0 Å². The molecule has 0 aliphatic heterocycles. The normalized spacial score (nSPS) is 10.2. The molecule has 0 unspecified atom stereocenters. The lowest BCUT2D eigenvalue weighted by molar-refractivity contribution is 0.103. The fourth-order valence-corrected chi connectivity index (χ4v) is 1.89. The molecule has 0 radical (unpaired) electrons. The number of hydrogen-bond donors (Lipinski definition) is 0. The Morgan fingerprint density at radius 1 is 1.11 bits per heavy atom. The first kappa shape index (κ1) is 12.3. The molecule has 0 aliphatic carbocycles. The fourth-order valence-electron chi connectivity index (χ4n) is 1.89. The third-order valence-corrected chi connectivity index (χ3v) is 3.07. The number of rotatable bonds is 3. The summed E-state index contributed by atoms with van der Waals surface area (Å²) in [6, 6.07) is 7.16. The van der Waals surface area contributed by atoms with Crippen LogP contribution in [0.25, 0.3) is 0 Å². The number of hydrogen-bond acceptors (Lipinski definition) is 3. The van der Waals surface area contributed by atoms with Gasteiger partial charge in [-0.3, -0.25) is 9.78 Å². The smallest absolute Gasteiger partial charge is 0.196 e. The summed E-state index contributed by atoms with van der Waals surface area (Å²) in [7, 11) is 1.59. The number of aromatic nitrogens is 1. The highest BCUT2D eigenvalue weighted by Gasteiger charge is 2.16. The molecule has 92 valence electrons. The first-order valence-electron chi connectivity index (χ1n) is 5.74. The minimum Gasteiger partial charge on any atom is -0.496 e. The maximum absolute atomic E-state index is 12.4. The zero-order valence-electron chi connectivity index (χ0n) is 10.7. The van der Waals surface area contributed by atoms with E-state index in [9.17, 15) is 4.79 Å². The molecular weight excluding hydrogens is 226 g/mol. The van der Waals surface area contributed by atoms with E-state index in [4.69, 9.17) is 4.74 Å². The van der Waals surface area contributed by atoms with Crippen molar-refractivity contribution in [1.82, 2.24) is 4.98 Å². The van der Waals surface area contributed by atoms with Gasteiger partial charge in [0.1, 0.15) is 5.75 Å². The van der Waals surface area contributed by atoms with Crippen molar-refractivity contribution in [2.24, 2.45) is 0 Å². The first-order chi connectivity index (χ1) is 8.65. The molecule has 3 heteroatoms. The van der Waals surface area contributed by atoms with Crippen LogP contribution >= 0.6 is 0 Å². The number of ketones is 1. The Bertz CT molecular complexity index is 577. The van der Waals surface area contributed by atoms with Crippen LogP contribution < -0.4 is 4.74 Å². The van der Waals surface area contributed by atoms with E-state index in [1.165, 1.54) is 0 Å². The lowest BCUT2D eigenvalue weighted by Gasteiger charge is -2.12. The maximum atomic E-state index is 12.4. The number of aryl methyl sites for hydroxylation is 1. The van der Waals surface area contributed by atoms with Gasteiger partial charge in [-0.25, -0.2) is 0 Å². The Balaban J connectivity index is 2.52. The van der Waals surface area contributed by atoms with E-state index in [-0.39, 0.29) is 5.78 Å². The van der Waals surface area contributed by atoms with Gasteiger partial charge in [-0.15, -0.1) is 0 Å². The molecule has 3 nitrogen and oxygen atoms in total. The molecule has 2 rings (SSSR count). The number of pyridine rings is 1. The predicted molar refractivity (Wildman–Crippen MR) is 70.1 cm³/mol. The van der Waals surface area contributed by atoms with Crippen molar-refractivity contribution < 1.29 is 9.53 Å². The highest BCUT2D eigenvalue weighted by atomic mass is 16.5. The van der Waals surface area contributed by atoms with E-state index in [1.807, 2.05) is 26.0 Å². The minimum absolute atomic E-state index is 0.0441. The molecule has 0 N–H and O–H groups in total. The number of carbonyl (C=O) groups excluding carboxylic acids is 1. The maximum Gasteiger partial charge on any atom is 0.196 e. The average Bonchev–Trinajstić information content (AvgIpc) is 2.42. The Morgan fingerprint density at radius 2 is 1.78 bits per heavy atom. The van der Waals surface area contributed by atoms with Crippen LogP contribution in [0.15, 0.2) is 36.7 Å². The monoisotopic (exact) mass is 241 g/mol. The lowest BCUT2D eigenvalue weighted by atomic mass is 9.98. The molecule has 1 aromatic carbocycles. The summed E-state index contributed by atoms with van der Waals surface area (Å²) in [5.41, 5.74) is 3.31. The van der Waals surface area contributed by atoms with Crippen LogP contribution in [-0.4, -0.2) is 17.9 Å². The summed E-state index contributed by atoms with van der Waals surface area (Å²) >= 11 is 0. The summed E-state index contributed by atoms with van der Waals surface area (Å²) in [5, 5.41) is 0. The third kappa shape index (κ3) is 2.12. The summed E-state index contributed by atoms with van der Waals surface area (Å²) < 4.78 is 5.36. The van der Waals surface area contributed by atoms with Gasteiger partial charge in [-0.05, 0) is 43.2 Å². The van der Waals surface area contributed by atoms with Gasteiger partial charge in [0.15, 0.2) is 5.78 Å². The number of ether oxygens (including phenoxy) is 1. The lowest BCUT2D eigenvalue weighted by Crippen LogP contribution is -2.06. The summed E-state index contributed by atoms with van der Waals surface area (Å²) in [4.78, 5) is 16.3. The largest absolute Gasteiger partial charge is 0.496 e. The number of methoxy groups -OCH3 is 1. The van der Waals surface area contributed by atoms with Crippen LogP contribution in [0.2, 0.25) is 0 Å². The molecule has 0 fully saturated rings. The number of carbonyl (C=O) groups is 1. The van der Waals surface area contributed by atoms with Crippen LogP contribution in [0.4, 0.5) is 0 Å². The molecule has 18 heavy (non-hydrogen) atoms. The quantitative estimate of drug-likeness (QED) is 0.775. The summed E-state index contributed by atoms with van der Waals surface area (Å²) in [6.07, 6.45) is 3.22. The van der Waals surface area contributed by atoms with Gasteiger partial charge in [-0.2, -0.15) is 0 Å². The van der Waals surface area contributed by atoms with Crippen molar-refractivity contribution in [3.63, 3.8) is 0 Å². The second kappa shape index (κ2) is 5.00. The Labute approximate surface area is 106 Å². The fraction of sp³-hybridized carbons (Fsp3) is 0.200. The van der Waals surface area contributed by atoms with E-state index in [0.29, 0.717) is 16.9 Å². The van der Waals surface area contributed by atoms with Crippen molar-refractivity contribution >= 4 is 5.78 Å². The molecule has 0 saturated carbocycles. The molecule has 0 bridgehead atoms. The third-order valence-electron chi connectivity index (χ3n) is 3.07. The molecule has 0 aliphatic rings. The van der Waals surface area contributed by atoms with Gasteiger partial charge in [0.25, 0.3) is 0 Å². The molecular formula is C15H15NO2. The average molecular weight is 241 g/mol. The highest BCUT2D eigenvalue weighted by molar-refractivity contribution is 6.10. The SMILES string of the molecule is COc1c(C(=O)c2ccncc2)ccc(C)c1C. The Kier molecular flexibility index (Phi) is 3.42. The van der Waals surface area contributed by atoms with E-state index < -0.39 is 0 Å². The summed E-state index contributed by atoms with van der Waals surface area (Å²) in [5.74, 6) is 0.606. The van der Waals surface area contributed by atoms with Crippen molar-refractivity contribution in [3.8, 4) is 5.75 Å². The first-order valence-corrected chi connectivity index (χ1v) is 5.74. The molecule has 0 saturated heterocycles. The van der Waals surface area contributed by atoms with Crippen LogP contribution in [0.1, 0.15) is 27.0 Å². The van der Waals surface area contributed by atoms with Crippen molar-refractivity contribution in [2.75, 3.05) is 7.11 Å². The van der Waals surface area contributed by atoms with Crippen LogP contribution in [0.3, 0.4) is 0 Å². The molecule has 0 atom stereocenters.